The largest absolute Gasteiger partial charge is 0.339 e. The first-order chi connectivity index (χ1) is 7.13. The first-order valence-electron chi connectivity index (χ1n) is 5.97. The van der Waals surface area contributed by atoms with Crippen molar-refractivity contribution in [1.29, 1.82) is 0 Å². The van der Waals surface area contributed by atoms with E-state index in [2.05, 4.69) is 30.9 Å². The van der Waals surface area contributed by atoms with Crippen LogP contribution in [-0.2, 0) is 5.41 Å². The summed E-state index contributed by atoms with van der Waals surface area (Å²) in [5.41, 5.74) is 0.0315. The number of hydrogen-bond acceptors (Lipinski definition) is 3. The summed E-state index contributed by atoms with van der Waals surface area (Å²) in [6.07, 6.45) is 6.01. The highest BCUT2D eigenvalue weighted by atomic mass is 16.5. The van der Waals surface area contributed by atoms with E-state index in [4.69, 9.17) is 4.52 Å². The minimum Gasteiger partial charge on any atom is -0.339 e. The van der Waals surface area contributed by atoms with Crippen molar-refractivity contribution in [2.24, 2.45) is 0 Å². The zero-order chi connectivity index (χ0) is 10.9. The Morgan fingerprint density at radius 3 is 2.67 bits per heavy atom. The maximum absolute atomic E-state index is 5.38. The van der Waals surface area contributed by atoms with Gasteiger partial charge in [-0.2, -0.15) is 4.98 Å². The molecule has 0 saturated heterocycles. The minimum atomic E-state index is 0.0315. The molecule has 0 aromatic carbocycles. The maximum atomic E-state index is 5.38. The summed E-state index contributed by atoms with van der Waals surface area (Å²) in [4.78, 5) is 4.54. The molecular formula is C12H20N2O. The second kappa shape index (κ2) is 3.95. The van der Waals surface area contributed by atoms with Crippen molar-refractivity contribution in [3.8, 4) is 0 Å². The molecule has 1 saturated carbocycles. The molecule has 3 nitrogen and oxygen atoms in total. The normalized spacial score (nSPS) is 17.8. The lowest BCUT2D eigenvalue weighted by molar-refractivity contribution is 0.288. The zero-order valence-corrected chi connectivity index (χ0v) is 9.92. The molecule has 0 N–H and O–H groups in total. The van der Waals surface area contributed by atoms with Gasteiger partial charge in [-0.1, -0.05) is 38.8 Å². The van der Waals surface area contributed by atoms with Crippen LogP contribution < -0.4 is 0 Å². The molecule has 1 fully saturated rings. The molecule has 0 unspecified atom stereocenters. The Labute approximate surface area is 91.3 Å². The van der Waals surface area contributed by atoms with Gasteiger partial charge < -0.3 is 4.52 Å². The third kappa shape index (κ3) is 2.06. The molecule has 0 aliphatic heterocycles. The lowest BCUT2D eigenvalue weighted by Gasteiger charge is -2.21. The Kier molecular flexibility index (Phi) is 2.81. The van der Waals surface area contributed by atoms with Crippen LogP contribution in [0.1, 0.15) is 70.5 Å². The summed E-state index contributed by atoms with van der Waals surface area (Å²) in [6.45, 7) is 6.54. The third-order valence-electron chi connectivity index (χ3n) is 3.37. The molecule has 1 aromatic rings. The second-order valence-corrected chi connectivity index (χ2v) is 5.22. The van der Waals surface area contributed by atoms with Crippen LogP contribution in [0.2, 0.25) is 0 Å². The van der Waals surface area contributed by atoms with E-state index in [1.165, 1.54) is 19.3 Å². The van der Waals surface area contributed by atoms with Gasteiger partial charge in [-0.15, -0.1) is 0 Å². The lowest BCUT2D eigenvalue weighted by atomic mass is 9.84. The van der Waals surface area contributed by atoms with Crippen molar-refractivity contribution >= 4 is 0 Å². The van der Waals surface area contributed by atoms with Gasteiger partial charge in [0.15, 0.2) is 5.82 Å². The number of nitrogens with zero attached hydrogens (tertiary/aromatic N) is 2. The van der Waals surface area contributed by atoms with Gasteiger partial charge in [0.1, 0.15) is 0 Å². The topological polar surface area (TPSA) is 38.9 Å². The first kappa shape index (κ1) is 10.7. The van der Waals surface area contributed by atoms with E-state index in [0.717, 1.165) is 24.6 Å². The van der Waals surface area contributed by atoms with Crippen LogP contribution in [-0.4, -0.2) is 10.1 Å². The fraction of sp³-hybridized carbons (Fsp3) is 0.833. The van der Waals surface area contributed by atoms with Gasteiger partial charge in [-0.25, -0.2) is 0 Å². The van der Waals surface area contributed by atoms with Crippen molar-refractivity contribution in [3.63, 3.8) is 0 Å². The van der Waals surface area contributed by atoms with Crippen molar-refractivity contribution in [3.05, 3.63) is 11.7 Å². The summed E-state index contributed by atoms with van der Waals surface area (Å²) in [5.74, 6) is 2.31. The Bertz CT molecular complexity index is 326. The van der Waals surface area contributed by atoms with Crippen molar-refractivity contribution in [2.75, 3.05) is 0 Å². The van der Waals surface area contributed by atoms with Crippen molar-refractivity contribution in [1.82, 2.24) is 10.1 Å². The zero-order valence-electron chi connectivity index (χ0n) is 9.92. The predicted molar refractivity (Wildman–Crippen MR) is 58.8 cm³/mol. The third-order valence-corrected chi connectivity index (χ3v) is 3.37. The Morgan fingerprint density at radius 1 is 1.40 bits per heavy atom. The fourth-order valence-electron chi connectivity index (χ4n) is 2.07. The maximum Gasteiger partial charge on any atom is 0.232 e. The molecule has 15 heavy (non-hydrogen) atoms. The monoisotopic (exact) mass is 208 g/mol. The van der Waals surface area contributed by atoms with Gasteiger partial charge in [0.05, 0.1) is 0 Å². The summed E-state index contributed by atoms with van der Waals surface area (Å²) in [5, 5.41) is 4.10. The summed E-state index contributed by atoms with van der Waals surface area (Å²) >= 11 is 0. The van der Waals surface area contributed by atoms with E-state index < -0.39 is 0 Å². The van der Waals surface area contributed by atoms with E-state index in [0.29, 0.717) is 5.92 Å². The molecule has 2 rings (SSSR count). The average molecular weight is 208 g/mol. The number of rotatable bonds is 4. The number of aromatic nitrogens is 2. The van der Waals surface area contributed by atoms with E-state index in [9.17, 15) is 0 Å². The van der Waals surface area contributed by atoms with Crippen LogP contribution in [0, 0.1) is 0 Å². The van der Waals surface area contributed by atoms with E-state index in [1.54, 1.807) is 0 Å². The molecule has 1 aromatic heterocycles. The molecule has 1 heterocycles. The summed E-state index contributed by atoms with van der Waals surface area (Å²) in [7, 11) is 0. The van der Waals surface area contributed by atoms with Crippen LogP contribution in [0.25, 0.3) is 0 Å². The van der Waals surface area contributed by atoms with Gasteiger partial charge in [-0.05, 0) is 19.3 Å². The standard InChI is InChI=1S/C12H20N2O/c1-4-8-12(2,3)11-13-10(14-15-11)9-6-5-7-9/h9H,4-8H2,1-3H3. The van der Waals surface area contributed by atoms with E-state index in [-0.39, 0.29) is 5.41 Å². The highest BCUT2D eigenvalue weighted by molar-refractivity contribution is 5.05. The van der Waals surface area contributed by atoms with Crippen molar-refractivity contribution < 1.29 is 4.52 Å². The molecule has 84 valence electrons. The number of hydrogen-bond donors (Lipinski definition) is 0. The molecule has 0 bridgehead atoms. The summed E-state index contributed by atoms with van der Waals surface area (Å²) < 4.78 is 5.38. The Hall–Kier alpha value is -0.860. The van der Waals surface area contributed by atoms with Gasteiger partial charge >= 0.3 is 0 Å². The van der Waals surface area contributed by atoms with E-state index >= 15 is 0 Å². The molecule has 0 amide bonds. The molecule has 3 heteroatoms. The van der Waals surface area contributed by atoms with Gasteiger partial charge in [0.25, 0.3) is 0 Å². The van der Waals surface area contributed by atoms with Crippen LogP contribution in [0.4, 0.5) is 0 Å². The van der Waals surface area contributed by atoms with Crippen LogP contribution in [0.5, 0.6) is 0 Å². The quantitative estimate of drug-likeness (QED) is 0.761. The first-order valence-corrected chi connectivity index (χ1v) is 5.97. The average Bonchev–Trinajstić information content (AvgIpc) is 2.50. The van der Waals surface area contributed by atoms with Gasteiger partial charge in [0, 0.05) is 11.3 Å². The highest BCUT2D eigenvalue weighted by Crippen LogP contribution is 2.36. The predicted octanol–water partition coefficient (Wildman–Crippen LogP) is 3.41. The lowest BCUT2D eigenvalue weighted by Crippen LogP contribution is -2.18. The fourth-order valence-corrected chi connectivity index (χ4v) is 2.07. The van der Waals surface area contributed by atoms with E-state index in [1.807, 2.05) is 0 Å². The van der Waals surface area contributed by atoms with Gasteiger partial charge in [0.2, 0.25) is 5.89 Å². The highest BCUT2D eigenvalue weighted by Gasteiger charge is 2.30. The molecule has 1 aliphatic carbocycles. The Balaban J connectivity index is 2.11. The molecule has 0 spiro atoms. The smallest absolute Gasteiger partial charge is 0.232 e. The molecule has 0 atom stereocenters. The van der Waals surface area contributed by atoms with Gasteiger partial charge in [-0.3, -0.25) is 0 Å². The molecule has 0 radical (unpaired) electrons. The Morgan fingerprint density at radius 2 is 2.13 bits per heavy atom. The van der Waals surface area contributed by atoms with Crippen molar-refractivity contribution in [2.45, 2.75) is 64.2 Å². The molecule has 1 aliphatic rings. The SMILES string of the molecule is CCCC(C)(C)c1nc(C2CCC2)no1. The van der Waals surface area contributed by atoms with Crippen LogP contribution in [0.15, 0.2) is 4.52 Å². The minimum absolute atomic E-state index is 0.0315. The summed E-state index contributed by atoms with van der Waals surface area (Å²) in [6, 6.07) is 0. The molecular weight excluding hydrogens is 188 g/mol. The van der Waals surface area contributed by atoms with Crippen LogP contribution in [0.3, 0.4) is 0 Å². The second-order valence-electron chi connectivity index (χ2n) is 5.22. The van der Waals surface area contributed by atoms with Crippen LogP contribution >= 0.6 is 0 Å².